The zero-order valence-electron chi connectivity index (χ0n) is 31.7. The average Bonchev–Trinajstić information content (AvgIpc) is 3.51. The lowest BCUT2D eigenvalue weighted by Gasteiger charge is -2.21. The molecule has 10 aromatic rings. The van der Waals surface area contributed by atoms with E-state index in [9.17, 15) is 0 Å². The first-order valence-electron chi connectivity index (χ1n) is 19.6. The van der Waals surface area contributed by atoms with Gasteiger partial charge < -0.3 is 0 Å². The van der Waals surface area contributed by atoms with E-state index in [4.69, 9.17) is 15.0 Å². The maximum Gasteiger partial charge on any atom is 0.164 e. The topological polar surface area (TPSA) is 38.7 Å². The van der Waals surface area contributed by atoms with Gasteiger partial charge in [-0.2, -0.15) is 0 Å². The molecule has 3 nitrogen and oxygen atoms in total. The molecular formula is C54H37N3. The fourth-order valence-corrected chi connectivity index (χ4v) is 9.02. The summed E-state index contributed by atoms with van der Waals surface area (Å²) < 4.78 is 0. The molecule has 0 bridgehead atoms. The van der Waals surface area contributed by atoms with Crippen molar-refractivity contribution in [1.29, 1.82) is 0 Å². The normalized spacial score (nSPS) is 12.9. The highest BCUT2D eigenvalue weighted by atomic mass is 15.0. The lowest BCUT2D eigenvalue weighted by Crippen LogP contribution is -2.15. The summed E-state index contributed by atoms with van der Waals surface area (Å²) in [7, 11) is 0. The Morgan fingerprint density at radius 3 is 1.67 bits per heavy atom. The van der Waals surface area contributed by atoms with Crippen molar-refractivity contribution in [2.24, 2.45) is 0 Å². The number of nitrogens with zero attached hydrogens (tertiary/aromatic N) is 3. The van der Waals surface area contributed by atoms with Gasteiger partial charge in [-0.25, -0.2) is 15.0 Å². The standard InChI is InChI=1S/C54H37N3/c1-54(2)48-25-11-10-24-44(48)45-28-27-41(33-49(45)54)53-56-51(35-15-4-3-5-16-35)55-52(57-53)40-21-13-19-37(31-40)36-18-12-20-39(30-36)50-43-23-9-7-17-38(43)32-47-42-22-8-6-14-34(42)26-29-46(47)50/h3-33H,1-2H3. The number of benzene rings is 9. The molecule has 1 aromatic heterocycles. The van der Waals surface area contributed by atoms with Gasteiger partial charge >= 0.3 is 0 Å². The molecule has 0 N–H and O–H groups in total. The number of hydrogen-bond donors (Lipinski definition) is 0. The van der Waals surface area contributed by atoms with Crippen LogP contribution in [0.2, 0.25) is 0 Å². The van der Waals surface area contributed by atoms with Crippen LogP contribution in [0, 0.1) is 0 Å². The first-order valence-corrected chi connectivity index (χ1v) is 19.6. The molecule has 0 saturated carbocycles. The summed E-state index contributed by atoms with van der Waals surface area (Å²) in [5.74, 6) is 1.96. The second-order valence-corrected chi connectivity index (χ2v) is 15.6. The van der Waals surface area contributed by atoms with Crippen molar-refractivity contribution < 1.29 is 0 Å². The fourth-order valence-electron chi connectivity index (χ4n) is 9.02. The molecule has 268 valence electrons. The highest BCUT2D eigenvalue weighted by Gasteiger charge is 2.35. The van der Waals surface area contributed by atoms with Crippen LogP contribution < -0.4 is 0 Å². The first kappa shape index (κ1) is 33.1. The Kier molecular flexibility index (Phi) is 7.52. The third-order valence-corrected chi connectivity index (χ3v) is 11.9. The van der Waals surface area contributed by atoms with Crippen LogP contribution in [0.15, 0.2) is 188 Å². The van der Waals surface area contributed by atoms with E-state index in [0.29, 0.717) is 17.5 Å². The minimum atomic E-state index is -0.130. The van der Waals surface area contributed by atoms with E-state index in [1.54, 1.807) is 0 Å². The van der Waals surface area contributed by atoms with Crippen LogP contribution in [0.4, 0.5) is 0 Å². The summed E-state index contributed by atoms with van der Waals surface area (Å²) in [6.45, 7) is 4.61. The smallest absolute Gasteiger partial charge is 0.164 e. The van der Waals surface area contributed by atoms with Crippen LogP contribution in [0.3, 0.4) is 0 Å². The molecule has 1 heterocycles. The van der Waals surface area contributed by atoms with Crippen molar-refractivity contribution in [3.05, 3.63) is 199 Å². The van der Waals surface area contributed by atoms with Crippen molar-refractivity contribution in [1.82, 2.24) is 15.0 Å². The molecule has 9 aromatic carbocycles. The van der Waals surface area contributed by atoms with Crippen molar-refractivity contribution in [3.63, 3.8) is 0 Å². The average molecular weight is 728 g/mol. The molecule has 57 heavy (non-hydrogen) atoms. The molecule has 0 unspecified atom stereocenters. The predicted octanol–water partition coefficient (Wildman–Crippen LogP) is 14.0. The molecule has 0 radical (unpaired) electrons. The monoisotopic (exact) mass is 727 g/mol. The van der Waals surface area contributed by atoms with Crippen molar-refractivity contribution >= 4 is 32.3 Å². The van der Waals surface area contributed by atoms with E-state index >= 15 is 0 Å². The SMILES string of the molecule is CC1(C)c2ccccc2-c2ccc(-c3nc(-c4ccccc4)nc(-c4cccc(-c5cccc(-c6c7ccccc7cc7c6ccc6ccccc67)c5)c4)n3)cc21. The van der Waals surface area contributed by atoms with Gasteiger partial charge in [0.05, 0.1) is 0 Å². The van der Waals surface area contributed by atoms with Gasteiger partial charge in [0.2, 0.25) is 0 Å². The highest BCUT2D eigenvalue weighted by molar-refractivity contribution is 6.20. The lowest BCUT2D eigenvalue weighted by molar-refractivity contribution is 0.660. The van der Waals surface area contributed by atoms with E-state index in [-0.39, 0.29) is 5.41 Å². The van der Waals surface area contributed by atoms with Crippen LogP contribution >= 0.6 is 0 Å². The van der Waals surface area contributed by atoms with Crippen LogP contribution in [-0.4, -0.2) is 15.0 Å². The largest absolute Gasteiger partial charge is 0.208 e. The van der Waals surface area contributed by atoms with Gasteiger partial charge in [-0.1, -0.05) is 178 Å². The molecule has 0 aliphatic heterocycles. The molecule has 3 heteroatoms. The number of rotatable bonds is 5. The Labute approximate surface area is 332 Å². The summed E-state index contributed by atoms with van der Waals surface area (Å²) >= 11 is 0. The van der Waals surface area contributed by atoms with Gasteiger partial charge in [-0.05, 0) is 101 Å². The van der Waals surface area contributed by atoms with Crippen LogP contribution in [0.5, 0.6) is 0 Å². The van der Waals surface area contributed by atoms with Gasteiger partial charge in [0.25, 0.3) is 0 Å². The molecule has 0 atom stereocenters. The Balaban J connectivity index is 1.04. The van der Waals surface area contributed by atoms with E-state index in [1.807, 2.05) is 18.2 Å². The summed E-state index contributed by atoms with van der Waals surface area (Å²) in [6.07, 6.45) is 0. The maximum absolute atomic E-state index is 5.19. The van der Waals surface area contributed by atoms with Crippen molar-refractivity contribution in [3.8, 4) is 67.5 Å². The quantitative estimate of drug-likeness (QED) is 0.131. The second-order valence-electron chi connectivity index (χ2n) is 15.6. The van der Waals surface area contributed by atoms with Crippen LogP contribution in [-0.2, 0) is 5.41 Å². The first-order chi connectivity index (χ1) is 28.0. The Morgan fingerprint density at radius 1 is 0.316 bits per heavy atom. The summed E-state index contributed by atoms with van der Waals surface area (Å²) in [5.41, 5.74) is 12.6. The summed E-state index contributed by atoms with van der Waals surface area (Å²) in [5, 5.41) is 7.52. The van der Waals surface area contributed by atoms with E-state index in [2.05, 4.69) is 184 Å². The van der Waals surface area contributed by atoms with Crippen LogP contribution in [0.25, 0.3) is 99.9 Å². The van der Waals surface area contributed by atoms with Crippen molar-refractivity contribution in [2.45, 2.75) is 19.3 Å². The van der Waals surface area contributed by atoms with Gasteiger partial charge in [0, 0.05) is 22.1 Å². The third kappa shape index (κ3) is 5.46. The predicted molar refractivity (Wildman–Crippen MR) is 237 cm³/mol. The lowest BCUT2D eigenvalue weighted by atomic mass is 9.82. The third-order valence-electron chi connectivity index (χ3n) is 11.9. The van der Waals surface area contributed by atoms with E-state index < -0.39 is 0 Å². The Hall–Kier alpha value is -7.23. The minimum Gasteiger partial charge on any atom is -0.208 e. The fraction of sp³-hybridized carbons (Fsp3) is 0.0556. The van der Waals surface area contributed by atoms with Crippen molar-refractivity contribution in [2.75, 3.05) is 0 Å². The molecule has 0 spiro atoms. The zero-order chi connectivity index (χ0) is 38.1. The minimum absolute atomic E-state index is 0.130. The van der Waals surface area contributed by atoms with Crippen LogP contribution in [0.1, 0.15) is 25.0 Å². The second kappa shape index (κ2) is 12.9. The number of fused-ring (bicyclic) bond motifs is 7. The molecular weight excluding hydrogens is 691 g/mol. The van der Waals surface area contributed by atoms with Gasteiger partial charge in [-0.3, -0.25) is 0 Å². The zero-order valence-corrected chi connectivity index (χ0v) is 31.7. The van der Waals surface area contributed by atoms with Gasteiger partial charge in [-0.15, -0.1) is 0 Å². The number of hydrogen-bond acceptors (Lipinski definition) is 3. The summed E-state index contributed by atoms with van der Waals surface area (Å²) in [6, 6.07) is 67.5. The number of aromatic nitrogens is 3. The molecule has 1 aliphatic rings. The molecule has 0 fully saturated rings. The van der Waals surface area contributed by atoms with Gasteiger partial charge in [0.1, 0.15) is 0 Å². The molecule has 1 aliphatic carbocycles. The Bertz CT molecular complexity index is 3220. The van der Waals surface area contributed by atoms with Gasteiger partial charge in [0.15, 0.2) is 17.5 Å². The Morgan fingerprint density at radius 2 is 0.877 bits per heavy atom. The summed E-state index contributed by atoms with van der Waals surface area (Å²) in [4.78, 5) is 15.4. The molecule has 0 saturated heterocycles. The van der Waals surface area contributed by atoms with E-state index in [0.717, 1.165) is 27.8 Å². The molecule has 11 rings (SSSR count). The highest BCUT2D eigenvalue weighted by Crippen LogP contribution is 2.49. The van der Waals surface area contributed by atoms with E-state index in [1.165, 1.54) is 65.7 Å². The molecule has 0 amide bonds. The maximum atomic E-state index is 5.19.